The third-order valence-electron chi connectivity index (χ3n) is 1.69. The van der Waals surface area contributed by atoms with Gasteiger partial charge in [-0.05, 0) is 18.9 Å². The van der Waals surface area contributed by atoms with Crippen LogP contribution in [0.4, 0.5) is 5.69 Å². The van der Waals surface area contributed by atoms with Gasteiger partial charge in [0.15, 0.2) is 0 Å². The molecule has 1 heterocycles. The first-order valence-electron chi connectivity index (χ1n) is 3.44. The van der Waals surface area contributed by atoms with Crippen molar-refractivity contribution in [2.45, 2.75) is 18.8 Å². The Morgan fingerprint density at radius 2 is 2.30 bits per heavy atom. The zero-order valence-corrected chi connectivity index (χ0v) is 5.62. The predicted octanol–water partition coefficient (Wildman–Crippen LogP) is 0.936. The monoisotopic (exact) mass is 135 g/mol. The van der Waals surface area contributed by atoms with Crippen LogP contribution in [-0.4, -0.2) is 10.2 Å². The maximum Gasteiger partial charge on any atom is 0.0726 e. The standard InChI is InChI=1S/C7H9N3/c8-6-3-7(5-1-2-5)10-9-4-6/h3-5H,1-2H2,(H2,8,10). The van der Waals surface area contributed by atoms with Crippen molar-refractivity contribution in [3.63, 3.8) is 0 Å². The molecule has 2 N–H and O–H groups in total. The van der Waals surface area contributed by atoms with Crippen LogP contribution in [0, 0.1) is 0 Å². The molecular weight excluding hydrogens is 126 g/mol. The van der Waals surface area contributed by atoms with E-state index >= 15 is 0 Å². The van der Waals surface area contributed by atoms with Crippen LogP contribution in [0.1, 0.15) is 24.5 Å². The molecule has 0 unspecified atom stereocenters. The molecule has 0 aromatic carbocycles. The Bertz CT molecular complexity index is 242. The van der Waals surface area contributed by atoms with Gasteiger partial charge in [0, 0.05) is 5.92 Å². The van der Waals surface area contributed by atoms with E-state index in [0.717, 1.165) is 11.4 Å². The second kappa shape index (κ2) is 1.94. The maximum absolute atomic E-state index is 5.52. The summed E-state index contributed by atoms with van der Waals surface area (Å²) >= 11 is 0. The Balaban J connectivity index is 2.32. The third-order valence-corrected chi connectivity index (χ3v) is 1.69. The summed E-state index contributed by atoms with van der Waals surface area (Å²) in [4.78, 5) is 0. The van der Waals surface area contributed by atoms with Crippen molar-refractivity contribution in [3.05, 3.63) is 18.0 Å². The second-order valence-electron chi connectivity index (χ2n) is 2.69. The lowest BCUT2D eigenvalue weighted by molar-refractivity contribution is 0.913. The summed E-state index contributed by atoms with van der Waals surface area (Å²) in [7, 11) is 0. The molecule has 0 saturated heterocycles. The van der Waals surface area contributed by atoms with Gasteiger partial charge in [-0.25, -0.2) is 0 Å². The molecule has 2 rings (SSSR count). The fraction of sp³-hybridized carbons (Fsp3) is 0.429. The number of aromatic nitrogens is 2. The minimum atomic E-state index is 0.649. The Morgan fingerprint density at radius 3 is 2.90 bits per heavy atom. The molecule has 1 fully saturated rings. The molecule has 1 saturated carbocycles. The van der Waals surface area contributed by atoms with E-state index in [-0.39, 0.29) is 0 Å². The third kappa shape index (κ3) is 0.943. The smallest absolute Gasteiger partial charge is 0.0726 e. The van der Waals surface area contributed by atoms with Gasteiger partial charge in [0.1, 0.15) is 0 Å². The largest absolute Gasteiger partial charge is 0.397 e. The molecule has 0 radical (unpaired) electrons. The molecule has 1 aliphatic carbocycles. The summed E-state index contributed by atoms with van der Waals surface area (Å²) in [6.45, 7) is 0. The van der Waals surface area contributed by atoms with E-state index in [9.17, 15) is 0 Å². The molecule has 1 aromatic rings. The molecule has 10 heavy (non-hydrogen) atoms. The van der Waals surface area contributed by atoms with Crippen LogP contribution in [0.5, 0.6) is 0 Å². The fourth-order valence-corrected chi connectivity index (χ4v) is 0.978. The van der Waals surface area contributed by atoms with Gasteiger partial charge in [-0.1, -0.05) is 0 Å². The van der Waals surface area contributed by atoms with Crippen LogP contribution in [0.15, 0.2) is 12.3 Å². The molecule has 1 aromatic heterocycles. The van der Waals surface area contributed by atoms with Gasteiger partial charge in [0.2, 0.25) is 0 Å². The summed E-state index contributed by atoms with van der Waals surface area (Å²) in [5.74, 6) is 0.649. The van der Waals surface area contributed by atoms with Crippen LogP contribution in [0.2, 0.25) is 0 Å². The molecular formula is C7H9N3. The first kappa shape index (κ1) is 5.65. The lowest BCUT2D eigenvalue weighted by Gasteiger charge is -1.94. The average molecular weight is 135 g/mol. The minimum Gasteiger partial charge on any atom is -0.397 e. The summed E-state index contributed by atoms with van der Waals surface area (Å²) in [5, 5.41) is 7.74. The molecule has 1 aliphatic rings. The fourth-order valence-electron chi connectivity index (χ4n) is 0.978. The van der Waals surface area contributed by atoms with Crippen molar-refractivity contribution in [3.8, 4) is 0 Å². The number of nitrogens with two attached hydrogens (primary N) is 1. The van der Waals surface area contributed by atoms with E-state index in [1.165, 1.54) is 12.8 Å². The second-order valence-corrected chi connectivity index (χ2v) is 2.69. The van der Waals surface area contributed by atoms with Crippen LogP contribution in [-0.2, 0) is 0 Å². The van der Waals surface area contributed by atoms with E-state index in [0.29, 0.717) is 5.92 Å². The van der Waals surface area contributed by atoms with Gasteiger partial charge in [0.25, 0.3) is 0 Å². The lowest BCUT2D eigenvalue weighted by atomic mass is 10.3. The van der Waals surface area contributed by atoms with Crippen molar-refractivity contribution in [1.82, 2.24) is 10.2 Å². The Labute approximate surface area is 59.3 Å². The van der Waals surface area contributed by atoms with Gasteiger partial charge in [-0.2, -0.15) is 10.2 Å². The Hall–Kier alpha value is -1.12. The van der Waals surface area contributed by atoms with Gasteiger partial charge < -0.3 is 5.73 Å². The molecule has 0 aliphatic heterocycles. The topological polar surface area (TPSA) is 51.8 Å². The van der Waals surface area contributed by atoms with Gasteiger partial charge >= 0.3 is 0 Å². The van der Waals surface area contributed by atoms with Crippen molar-refractivity contribution < 1.29 is 0 Å². The van der Waals surface area contributed by atoms with Crippen LogP contribution in [0.3, 0.4) is 0 Å². The lowest BCUT2D eigenvalue weighted by Crippen LogP contribution is -1.93. The molecule has 0 spiro atoms. The first-order chi connectivity index (χ1) is 4.86. The maximum atomic E-state index is 5.52. The Morgan fingerprint density at radius 1 is 1.50 bits per heavy atom. The zero-order valence-electron chi connectivity index (χ0n) is 5.62. The van der Waals surface area contributed by atoms with Gasteiger partial charge in [-0.15, -0.1) is 0 Å². The van der Waals surface area contributed by atoms with E-state index in [2.05, 4.69) is 10.2 Å². The summed E-state index contributed by atoms with van der Waals surface area (Å²) in [6, 6.07) is 1.91. The van der Waals surface area contributed by atoms with E-state index in [1.807, 2.05) is 6.07 Å². The van der Waals surface area contributed by atoms with Crippen molar-refractivity contribution in [1.29, 1.82) is 0 Å². The SMILES string of the molecule is Nc1cnnc(C2CC2)c1. The minimum absolute atomic E-state index is 0.649. The van der Waals surface area contributed by atoms with E-state index in [1.54, 1.807) is 6.20 Å². The van der Waals surface area contributed by atoms with Crippen molar-refractivity contribution in [2.75, 3.05) is 5.73 Å². The highest BCUT2D eigenvalue weighted by Gasteiger charge is 2.25. The van der Waals surface area contributed by atoms with Crippen molar-refractivity contribution >= 4 is 5.69 Å². The first-order valence-corrected chi connectivity index (χ1v) is 3.44. The van der Waals surface area contributed by atoms with Gasteiger partial charge in [-0.3, -0.25) is 0 Å². The molecule has 3 heteroatoms. The van der Waals surface area contributed by atoms with Crippen LogP contribution >= 0.6 is 0 Å². The highest BCUT2D eigenvalue weighted by atomic mass is 15.1. The van der Waals surface area contributed by atoms with Gasteiger partial charge in [0.05, 0.1) is 17.6 Å². The highest BCUT2D eigenvalue weighted by Crippen LogP contribution is 2.38. The normalized spacial score (nSPS) is 17.2. The summed E-state index contributed by atoms with van der Waals surface area (Å²) < 4.78 is 0. The Kier molecular flexibility index (Phi) is 1.09. The quantitative estimate of drug-likeness (QED) is 0.623. The predicted molar refractivity (Wildman–Crippen MR) is 38.4 cm³/mol. The molecule has 52 valence electrons. The van der Waals surface area contributed by atoms with E-state index < -0.39 is 0 Å². The molecule has 3 nitrogen and oxygen atoms in total. The molecule has 0 bridgehead atoms. The average Bonchev–Trinajstić information content (AvgIpc) is 2.68. The highest BCUT2D eigenvalue weighted by molar-refractivity contribution is 5.36. The number of hydrogen-bond acceptors (Lipinski definition) is 3. The number of hydrogen-bond donors (Lipinski definition) is 1. The zero-order chi connectivity index (χ0) is 6.97. The number of rotatable bonds is 1. The van der Waals surface area contributed by atoms with Crippen LogP contribution in [0.25, 0.3) is 0 Å². The number of anilines is 1. The van der Waals surface area contributed by atoms with E-state index in [4.69, 9.17) is 5.73 Å². The molecule has 0 atom stereocenters. The number of nitrogens with zero attached hydrogens (tertiary/aromatic N) is 2. The molecule has 0 amide bonds. The summed E-state index contributed by atoms with van der Waals surface area (Å²) in [5.41, 5.74) is 7.30. The van der Waals surface area contributed by atoms with Crippen LogP contribution < -0.4 is 5.73 Å². The summed E-state index contributed by atoms with van der Waals surface area (Å²) in [6.07, 6.45) is 4.07. The van der Waals surface area contributed by atoms with Crippen molar-refractivity contribution in [2.24, 2.45) is 0 Å². The number of nitrogen functional groups attached to an aromatic ring is 1.